The first-order valence-corrected chi connectivity index (χ1v) is 8.14. The zero-order valence-corrected chi connectivity index (χ0v) is 14.2. The van der Waals surface area contributed by atoms with Crippen LogP contribution in [-0.2, 0) is 0 Å². The van der Waals surface area contributed by atoms with Crippen LogP contribution in [0.1, 0.15) is 11.1 Å². The molecule has 0 saturated heterocycles. The van der Waals surface area contributed by atoms with E-state index in [-0.39, 0.29) is 0 Å². The molecule has 0 unspecified atom stereocenters. The largest absolute Gasteiger partial charge is 0.267 e. The third-order valence-corrected chi connectivity index (χ3v) is 5.03. The van der Waals surface area contributed by atoms with E-state index >= 15 is 0 Å². The Hall–Kier alpha value is -1.24. The van der Waals surface area contributed by atoms with Crippen LogP contribution in [0.2, 0.25) is 0 Å². The highest BCUT2D eigenvalue weighted by atomic mass is 79.9. The second-order valence-electron chi connectivity index (χ2n) is 4.61. The van der Waals surface area contributed by atoms with Gasteiger partial charge in [-0.05, 0) is 65.3 Å². The SMILES string of the molecule is Cc1ccc(C)c(-n2c(-c3cc(Br)cs3)n[nH]c2=S)c1. The number of aromatic amines is 1. The predicted octanol–water partition coefficient (Wildman–Crippen LogP) is 5.04. The fourth-order valence-electron chi connectivity index (χ4n) is 2.08. The molecule has 0 atom stereocenters. The van der Waals surface area contributed by atoms with Crippen molar-refractivity contribution in [2.24, 2.45) is 0 Å². The second kappa shape index (κ2) is 5.27. The zero-order chi connectivity index (χ0) is 14.3. The summed E-state index contributed by atoms with van der Waals surface area (Å²) in [5, 5.41) is 9.32. The highest BCUT2D eigenvalue weighted by Gasteiger charge is 2.14. The Morgan fingerprint density at radius 1 is 1.30 bits per heavy atom. The van der Waals surface area contributed by atoms with Crippen molar-refractivity contribution < 1.29 is 0 Å². The predicted molar refractivity (Wildman–Crippen MR) is 89.2 cm³/mol. The van der Waals surface area contributed by atoms with Crippen molar-refractivity contribution in [1.82, 2.24) is 14.8 Å². The molecule has 0 aliphatic rings. The molecule has 2 heterocycles. The highest BCUT2D eigenvalue weighted by Crippen LogP contribution is 2.31. The summed E-state index contributed by atoms with van der Waals surface area (Å²) in [6, 6.07) is 8.39. The summed E-state index contributed by atoms with van der Waals surface area (Å²) in [5.74, 6) is 0.847. The number of benzene rings is 1. The maximum absolute atomic E-state index is 5.40. The van der Waals surface area contributed by atoms with E-state index in [1.165, 1.54) is 11.1 Å². The number of thiophene rings is 1. The molecule has 6 heteroatoms. The van der Waals surface area contributed by atoms with Gasteiger partial charge in [-0.25, -0.2) is 0 Å². The van der Waals surface area contributed by atoms with Crippen molar-refractivity contribution in [3.05, 3.63) is 50.0 Å². The maximum atomic E-state index is 5.40. The van der Waals surface area contributed by atoms with Crippen molar-refractivity contribution in [2.75, 3.05) is 0 Å². The summed E-state index contributed by atoms with van der Waals surface area (Å²) in [5.41, 5.74) is 3.44. The summed E-state index contributed by atoms with van der Waals surface area (Å²) < 4.78 is 3.66. The summed E-state index contributed by atoms with van der Waals surface area (Å²) >= 11 is 10.5. The molecular formula is C14H12BrN3S2. The van der Waals surface area contributed by atoms with E-state index in [9.17, 15) is 0 Å². The van der Waals surface area contributed by atoms with Gasteiger partial charge in [0.2, 0.25) is 0 Å². The molecule has 0 aliphatic heterocycles. The minimum Gasteiger partial charge on any atom is -0.267 e. The molecule has 0 amide bonds. The Kier molecular flexibility index (Phi) is 3.62. The van der Waals surface area contributed by atoms with Crippen molar-refractivity contribution in [2.45, 2.75) is 13.8 Å². The minimum atomic E-state index is 0.609. The van der Waals surface area contributed by atoms with Gasteiger partial charge in [0.1, 0.15) is 0 Å². The zero-order valence-electron chi connectivity index (χ0n) is 11.0. The number of hydrogen-bond donors (Lipinski definition) is 1. The van der Waals surface area contributed by atoms with Crippen molar-refractivity contribution >= 4 is 39.5 Å². The lowest BCUT2D eigenvalue weighted by atomic mass is 10.1. The lowest BCUT2D eigenvalue weighted by molar-refractivity contribution is 1.02. The summed E-state index contributed by atoms with van der Waals surface area (Å²) in [6.45, 7) is 4.16. The Bertz CT molecular complexity index is 829. The molecule has 102 valence electrons. The van der Waals surface area contributed by atoms with Crippen molar-refractivity contribution in [3.63, 3.8) is 0 Å². The quantitative estimate of drug-likeness (QED) is 0.645. The molecule has 3 rings (SSSR count). The van der Waals surface area contributed by atoms with Crippen LogP contribution in [0.4, 0.5) is 0 Å². The van der Waals surface area contributed by atoms with Gasteiger partial charge in [0.05, 0.1) is 10.6 Å². The molecule has 1 N–H and O–H groups in total. The van der Waals surface area contributed by atoms with Gasteiger partial charge >= 0.3 is 0 Å². The number of aromatic nitrogens is 3. The minimum absolute atomic E-state index is 0.609. The molecule has 20 heavy (non-hydrogen) atoms. The van der Waals surface area contributed by atoms with E-state index < -0.39 is 0 Å². The summed E-state index contributed by atoms with van der Waals surface area (Å²) in [7, 11) is 0. The van der Waals surface area contributed by atoms with E-state index in [1.807, 2.05) is 9.95 Å². The van der Waals surface area contributed by atoms with Gasteiger partial charge in [0.25, 0.3) is 0 Å². The lowest BCUT2D eigenvalue weighted by Gasteiger charge is -2.10. The van der Waals surface area contributed by atoms with Crippen LogP contribution in [0.3, 0.4) is 0 Å². The number of aryl methyl sites for hydroxylation is 2. The van der Waals surface area contributed by atoms with Crippen LogP contribution in [-0.4, -0.2) is 14.8 Å². The van der Waals surface area contributed by atoms with Gasteiger partial charge in [-0.2, -0.15) is 5.10 Å². The third kappa shape index (κ3) is 2.39. The van der Waals surface area contributed by atoms with Gasteiger partial charge in [-0.15, -0.1) is 11.3 Å². The number of nitrogens with one attached hydrogen (secondary N) is 1. The Labute approximate surface area is 134 Å². The monoisotopic (exact) mass is 365 g/mol. The summed E-state index contributed by atoms with van der Waals surface area (Å²) in [6.07, 6.45) is 0. The third-order valence-electron chi connectivity index (χ3n) is 3.07. The van der Waals surface area contributed by atoms with E-state index in [0.29, 0.717) is 4.77 Å². The van der Waals surface area contributed by atoms with Crippen LogP contribution in [0.25, 0.3) is 16.4 Å². The Balaban J connectivity index is 2.27. The molecule has 0 aliphatic carbocycles. The first kappa shape index (κ1) is 13.7. The molecule has 0 spiro atoms. The fourth-order valence-corrected chi connectivity index (χ4v) is 3.71. The topological polar surface area (TPSA) is 33.6 Å². The fraction of sp³-hybridized carbons (Fsp3) is 0.143. The van der Waals surface area contributed by atoms with Gasteiger partial charge in [-0.3, -0.25) is 9.67 Å². The average Bonchev–Trinajstić information content (AvgIpc) is 2.99. The summed E-state index contributed by atoms with van der Waals surface area (Å²) in [4.78, 5) is 1.07. The number of H-pyrrole nitrogens is 1. The normalized spacial score (nSPS) is 10.9. The van der Waals surface area contributed by atoms with Gasteiger partial charge < -0.3 is 0 Å². The first-order chi connectivity index (χ1) is 9.56. The van der Waals surface area contributed by atoms with E-state index in [4.69, 9.17) is 12.2 Å². The van der Waals surface area contributed by atoms with Crippen LogP contribution in [0, 0.1) is 18.6 Å². The Morgan fingerprint density at radius 2 is 2.10 bits per heavy atom. The van der Waals surface area contributed by atoms with E-state index in [0.717, 1.165) is 20.9 Å². The van der Waals surface area contributed by atoms with Gasteiger partial charge in [0, 0.05) is 9.85 Å². The van der Waals surface area contributed by atoms with Crippen molar-refractivity contribution in [1.29, 1.82) is 0 Å². The van der Waals surface area contributed by atoms with Crippen LogP contribution >= 0.6 is 39.5 Å². The van der Waals surface area contributed by atoms with Crippen LogP contribution < -0.4 is 0 Å². The molecular weight excluding hydrogens is 354 g/mol. The van der Waals surface area contributed by atoms with Gasteiger partial charge in [0.15, 0.2) is 10.6 Å². The number of rotatable bonds is 2. The number of halogens is 1. The van der Waals surface area contributed by atoms with E-state index in [1.54, 1.807) is 11.3 Å². The number of hydrogen-bond acceptors (Lipinski definition) is 3. The molecule has 1 aromatic carbocycles. The first-order valence-electron chi connectivity index (χ1n) is 6.06. The highest BCUT2D eigenvalue weighted by molar-refractivity contribution is 9.10. The maximum Gasteiger partial charge on any atom is 0.200 e. The van der Waals surface area contributed by atoms with E-state index in [2.05, 4.69) is 64.2 Å². The lowest BCUT2D eigenvalue weighted by Crippen LogP contribution is -2.00. The molecule has 2 aromatic heterocycles. The van der Waals surface area contributed by atoms with Crippen molar-refractivity contribution in [3.8, 4) is 16.4 Å². The molecule has 0 saturated carbocycles. The smallest absolute Gasteiger partial charge is 0.200 e. The second-order valence-corrected chi connectivity index (χ2v) is 6.82. The van der Waals surface area contributed by atoms with Crippen LogP contribution in [0.15, 0.2) is 34.1 Å². The number of nitrogens with zero attached hydrogens (tertiary/aromatic N) is 2. The average molecular weight is 366 g/mol. The molecule has 3 aromatic rings. The molecule has 0 fully saturated rings. The molecule has 0 radical (unpaired) electrons. The van der Waals surface area contributed by atoms with Gasteiger partial charge in [-0.1, -0.05) is 12.1 Å². The standard InChI is InChI=1S/C14H12BrN3S2/c1-8-3-4-9(2)11(5-8)18-13(16-17-14(18)19)12-6-10(15)7-20-12/h3-7H,1-2H3,(H,17,19). The Morgan fingerprint density at radius 3 is 2.80 bits per heavy atom. The molecule has 0 bridgehead atoms. The molecule has 3 nitrogen and oxygen atoms in total. The van der Waals surface area contributed by atoms with Crippen LogP contribution in [0.5, 0.6) is 0 Å².